The van der Waals surface area contributed by atoms with Crippen molar-refractivity contribution >= 4 is 17.3 Å². The first-order valence-corrected chi connectivity index (χ1v) is 9.23. The van der Waals surface area contributed by atoms with E-state index < -0.39 is 5.92 Å². The molecular formula is C17H22F2N4OS. The molecule has 0 unspecified atom stereocenters. The lowest BCUT2D eigenvalue weighted by molar-refractivity contribution is -0.0361. The molecule has 2 aromatic rings. The maximum Gasteiger partial charge on any atom is 0.248 e. The Morgan fingerprint density at radius 2 is 2.00 bits per heavy atom. The molecule has 0 amide bonds. The van der Waals surface area contributed by atoms with Gasteiger partial charge in [0.05, 0.1) is 11.8 Å². The van der Waals surface area contributed by atoms with Gasteiger partial charge in [-0.1, -0.05) is 0 Å². The predicted octanol–water partition coefficient (Wildman–Crippen LogP) is 4.61. The van der Waals surface area contributed by atoms with E-state index in [9.17, 15) is 8.78 Å². The highest BCUT2D eigenvalue weighted by atomic mass is 32.1. The van der Waals surface area contributed by atoms with Crippen LogP contribution in [0.2, 0.25) is 0 Å². The van der Waals surface area contributed by atoms with Crippen LogP contribution in [0.15, 0.2) is 11.4 Å². The molecule has 1 fully saturated rings. The van der Waals surface area contributed by atoms with Crippen LogP contribution in [0.3, 0.4) is 0 Å². The number of nitrogens with zero attached hydrogens (tertiary/aromatic N) is 3. The highest BCUT2D eigenvalue weighted by molar-refractivity contribution is 7.13. The first kappa shape index (κ1) is 18.1. The van der Waals surface area contributed by atoms with Crippen molar-refractivity contribution in [1.29, 1.82) is 0 Å². The van der Waals surface area contributed by atoms with Crippen molar-refractivity contribution in [3.8, 4) is 10.7 Å². The van der Waals surface area contributed by atoms with E-state index in [-0.39, 0.29) is 25.0 Å². The summed E-state index contributed by atoms with van der Waals surface area (Å²) in [6.45, 7) is 3.84. The van der Waals surface area contributed by atoms with Gasteiger partial charge < -0.3 is 10.1 Å². The van der Waals surface area contributed by atoms with Gasteiger partial charge in [-0.2, -0.15) is 0 Å². The summed E-state index contributed by atoms with van der Waals surface area (Å²) in [6.07, 6.45) is 0.423. The van der Waals surface area contributed by atoms with Crippen molar-refractivity contribution in [2.24, 2.45) is 0 Å². The first-order valence-electron chi connectivity index (χ1n) is 8.35. The average molecular weight is 368 g/mol. The van der Waals surface area contributed by atoms with Gasteiger partial charge in [0.1, 0.15) is 10.7 Å². The van der Waals surface area contributed by atoms with Crippen LogP contribution in [0.1, 0.15) is 50.1 Å². The normalized spacial score (nSPS) is 18.9. The number of ether oxygens (including phenoxy) is 1. The minimum atomic E-state index is -2.55. The van der Waals surface area contributed by atoms with Gasteiger partial charge >= 0.3 is 0 Å². The molecule has 0 radical (unpaired) electrons. The Morgan fingerprint density at radius 3 is 2.60 bits per heavy atom. The number of thiazole rings is 1. The number of anilines is 1. The molecule has 1 aliphatic carbocycles. The lowest BCUT2D eigenvalue weighted by Crippen LogP contribution is -2.32. The van der Waals surface area contributed by atoms with Crippen molar-refractivity contribution in [1.82, 2.24) is 15.0 Å². The number of aromatic nitrogens is 3. The van der Waals surface area contributed by atoms with Crippen LogP contribution in [0, 0.1) is 6.92 Å². The Balaban J connectivity index is 1.85. The van der Waals surface area contributed by atoms with Crippen molar-refractivity contribution in [3.63, 3.8) is 0 Å². The van der Waals surface area contributed by atoms with E-state index in [1.54, 1.807) is 7.11 Å². The molecular weight excluding hydrogens is 346 g/mol. The van der Waals surface area contributed by atoms with Gasteiger partial charge in [0.25, 0.3) is 0 Å². The van der Waals surface area contributed by atoms with Crippen LogP contribution in [0.4, 0.5) is 14.7 Å². The Labute approximate surface area is 149 Å². The summed E-state index contributed by atoms with van der Waals surface area (Å²) >= 11 is 1.52. The molecule has 8 heteroatoms. The Kier molecular flexibility index (Phi) is 5.29. The van der Waals surface area contributed by atoms with Gasteiger partial charge in [0.15, 0.2) is 0 Å². The third kappa shape index (κ3) is 4.49. The third-order valence-corrected chi connectivity index (χ3v) is 5.39. The van der Waals surface area contributed by atoms with Crippen LogP contribution in [0.25, 0.3) is 10.7 Å². The van der Waals surface area contributed by atoms with Gasteiger partial charge in [-0.05, 0) is 32.8 Å². The average Bonchev–Trinajstić information content (AvgIpc) is 3.02. The molecule has 0 aliphatic heterocycles. The van der Waals surface area contributed by atoms with E-state index in [1.807, 2.05) is 25.3 Å². The van der Waals surface area contributed by atoms with Crippen molar-refractivity contribution in [2.75, 3.05) is 12.4 Å². The minimum Gasteiger partial charge on any atom is -0.375 e. The lowest BCUT2D eigenvalue weighted by Gasteiger charge is -2.29. The SMILES string of the molecule is CO[C@@H](C)c1cc(-c2nc(C)cs2)nc(NC2CCC(F)(F)CC2)n1. The molecule has 0 aromatic carbocycles. The molecule has 0 bridgehead atoms. The zero-order valence-corrected chi connectivity index (χ0v) is 15.4. The monoisotopic (exact) mass is 368 g/mol. The molecule has 1 N–H and O–H groups in total. The molecule has 3 rings (SSSR count). The summed E-state index contributed by atoms with van der Waals surface area (Å²) in [5, 5.41) is 5.99. The lowest BCUT2D eigenvalue weighted by atomic mass is 9.92. The maximum absolute atomic E-state index is 13.3. The number of hydrogen-bond acceptors (Lipinski definition) is 6. The zero-order valence-electron chi connectivity index (χ0n) is 14.6. The van der Waals surface area contributed by atoms with Gasteiger partial charge in [0.2, 0.25) is 11.9 Å². The largest absolute Gasteiger partial charge is 0.375 e. The van der Waals surface area contributed by atoms with E-state index in [1.165, 1.54) is 11.3 Å². The second-order valence-corrected chi connectivity index (χ2v) is 7.31. The van der Waals surface area contributed by atoms with Crippen LogP contribution in [-0.4, -0.2) is 34.0 Å². The van der Waals surface area contributed by atoms with Crippen molar-refractivity contribution in [2.45, 2.75) is 57.6 Å². The number of halogens is 2. The second kappa shape index (κ2) is 7.29. The molecule has 1 atom stereocenters. The number of alkyl halides is 2. The summed E-state index contributed by atoms with van der Waals surface area (Å²) < 4.78 is 32.0. The van der Waals surface area contributed by atoms with E-state index >= 15 is 0 Å². The van der Waals surface area contributed by atoms with Crippen LogP contribution >= 0.6 is 11.3 Å². The first-order chi connectivity index (χ1) is 11.9. The molecule has 2 heterocycles. The second-order valence-electron chi connectivity index (χ2n) is 6.45. The summed E-state index contributed by atoms with van der Waals surface area (Å²) in [7, 11) is 1.62. The van der Waals surface area contributed by atoms with Crippen molar-refractivity contribution < 1.29 is 13.5 Å². The maximum atomic E-state index is 13.3. The highest BCUT2D eigenvalue weighted by Crippen LogP contribution is 2.34. The standard InChI is InChI=1S/C17H22F2N4OS/c1-10-9-25-15(20-10)14-8-13(11(2)24-3)22-16(23-14)21-12-4-6-17(18,19)7-5-12/h8-9,11-12H,4-7H2,1-3H3,(H,21,22,23)/t11-/m0/s1. The van der Waals surface area contributed by atoms with Crippen LogP contribution in [0.5, 0.6) is 0 Å². The smallest absolute Gasteiger partial charge is 0.248 e. The number of nitrogens with one attached hydrogen (secondary N) is 1. The summed E-state index contributed by atoms with van der Waals surface area (Å²) in [4.78, 5) is 13.5. The van der Waals surface area contributed by atoms with Gasteiger partial charge in [-0.15, -0.1) is 11.3 Å². The third-order valence-electron chi connectivity index (χ3n) is 4.40. The Bertz CT molecular complexity index is 727. The van der Waals surface area contributed by atoms with E-state index in [2.05, 4.69) is 20.3 Å². The molecule has 2 aromatic heterocycles. The molecule has 25 heavy (non-hydrogen) atoms. The van der Waals surface area contributed by atoms with E-state index in [4.69, 9.17) is 4.74 Å². The minimum absolute atomic E-state index is 0.0430. The van der Waals surface area contributed by atoms with Crippen LogP contribution in [-0.2, 0) is 4.74 Å². The molecule has 0 spiro atoms. The quantitative estimate of drug-likeness (QED) is 0.835. The van der Waals surface area contributed by atoms with Gasteiger partial charge in [-0.25, -0.2) is 23.7 Å². The molecule has 1 saturated carbocycles. The van der Waals surface area contributed by atoms with E-state index in [0.29, 0.717) is 18.8 Å². The van der Waals surface area contributed by atoms with Crippen LogP contribution < -0.4 is 5.32 Å². The number of hydrogen-bond donors (Lipinski definition) is 1. The summed E-state index contributed by atoms with van der Waals surface area (Å²) in [5.41, 5.74) is 2.39. The fraction of sp³-hybridized carbons (Fsp3) is 0.588. The molecule has 5 nitrogen and oxygen atoms in total. The summed E-state index contributed by atoms with van der Waals surface area (Å²) in [6, 6.07) is 1.82. The summed E-state index contributed by atoms with van der Waals surface area (Å²) in [5.74, 6) is -2.10. The topological polar surface area (TPSA) is 59.9 Å². The van der Waals surface area contributed by atoms with Crippen molar-refractivity contribution in [3.05, 3.63) is 22.8 Å². The number of methoxy groups -OCH3 is 1. The zero-order chi connectivity index (χ0) is 18.0. The number of rotatable bonds is 5. The van der Waals surface area contributed by atoms with Gasteiger partial charge in [-0.3, -0.25) is 0 Å². The molecule has 1 aliphatic rings. The van der Waals surface area contributed by atoms with E-state index in [0.717, 1.165) is 22.1 Å². The Hall–Kier alpha value is -1.67. The fourth-order valence-electron chi connectivity index (χ4n) is 2.81. The highest BCUT2D eigenvalue weighted by Gasteiger charge is 2.35. The fourth-order valence-corrected chi connectivity index (χ4v) is 3.56. The van der Waals surface area contributed by atoms with Gasteiger partial charge in [0, 0.05) is 37.1 Å². The molecule has 136 valence electrons. The Morgan fingerprint density at radius 1 is 1.28 bits per heavy atom. The molecule has 0 saturated heterocycles. The predicted molar refractivity (Wildman–Crippen MR) is 94.1 cm³/mol. The number of aryl methyl sites for hydroxylation is 1.